The van der Waals surface area contributed by atoms with E-state index in [1.165, 1.54) is 25.1 Å². The van der Waals surface area contributed by atoms with E-state index in [1.807, 2.05) is 0 Å². The van der Waals surface area contributed by atoms with Gasteiger partial charge in [-0.05, 0) is 50.1 Å². The Labute approximate surface area is 239 Å². The highest BCUT2D eigenvalue weighted by atomic mass is 19.1. The molecular formula is C28H28FN7O6. The summed E-state index contributed by atoms with van der Waals surface area (Å²) in [5, 5.41) is 11.3. The van der Waals surface area contributed by atoms with Crippen LogP contribution in [0.15, 0.2) is 42.6 Å². The van der Waals surface area contributed by atoms with Crippen molar-refractivity contribution < 1.29 is 33.0 Å². The zero-order valence-corrected chi connectivity index (χ0v) is 22.8. The average molecular weight is 578 g/mol. The highest BCUT2D eigenvalue weighted by molar-refractivity contribution is 6.16. The summed E-state index contributed by atoms with van der Waals surface area (Å²) in [5.74, 6) is -1.37. The van der Waals surface area contributed by atoms with Gasteiger partial charge in [0.1, 0.15) is 24.1 Å². The molecule has 8 bridgehead atoms. The number of ether oxygens (including phenoxy) is 3. The summed E-state index contributed by atoms with van der Waals surface area (Å²) in [6, 6.07) is 8.96. The molecule has 3 amide bonds. The zero-order valence-electron chi connectivity index (χ0n) is 22.8. The van der Waals surface area contributed by atoms with E-state index in [1.54, 1.807) is 36.4 Å². The molecule has 8 aliphatic heterocycles. The van der Waals surface area contributed by atoms with Gasteiger partial charge < -0.3 is 40.4 Å². The number of benzene rings is 2. The first-order valence-corrected chi connectivity index (χ1v) is 13.4. The molecule has 0 saturated carbocycles. The lowest BCUT2D eigenvalue weighted by atomic mass is 10.00. The van der Waals surface area contributed by atoms with Crippen molar-refractivity contribution in [3.8, 4) is 17.2 Å². The van der Waals surface area contributed by atoms with Crippen LogP contribution < -0.4 is 35.5 Å². The fourth-order valence-electron chi connectivity index (χ4n) is 5.11. The van der Waals surface area contributed by atoms with E-state index in [2.05, 4.69) is 31.2 Å². The topological polar surface area (TPSA) is 156 Å². The van der Waals surface area contributed by atoms with Crippen LogP contribution in [0, 0.1) is 5.95 Å². The summed E-state index contributed by atoms with van der Waals surface area (Å²) in [5.41, 5.74) is -0.657. The number of halogens is 1. The van der Waals surface area contributed by atoms with Gasteiger partial charge in [-0.15, -0.1) is 0 Å². The third kappa shape index (κ3) is 4.95. The number of carbonyl (C=O) groups excluding carboxylic acids is 3. The minimum atomic E-state index is -1.90. The monoisotopic (exact) mass is 577 g/mol. The largest absolute Gasteiger partial charge is 0.493 e. The van der Waals surface area contributed by atoms with Crippen molar-refractivity contribution in [2.75, 3.05) is 42.8 Å². The molecule has 1 fully saturated rings. The second kappa shape index (κ2) is 10.7. The van der Waals surface area contributed by atoms with Crippen LogP contribution in [0.1, 0.15) is 19.8 Å². The molecular weight excluding hydrogens is 549 g/mol. The average Bonchev–Trinajstić information content (AvgIpc) is 3.47. The molecule has 42 heavy (non-hydrogen) atoms. The number of fused-ring (bicyclic) bond motifs is 1. The van der Waals surface area contributed by atoms with Gasteiger partial charge in [0.15, 0.2) is 11.5 Å². The molecule has 9 heterocycles. The van der Waals surface area contributed by atoms with Gasteiger partial charge in [0.2, 0.25) is 17.8 Å². The Morgan fingerprint density at radius 3 is 2.62 bits per heavy atom. The van der Waals surface area contributed by atoms with Crippen LogP contribution in [0.5, 0.6) is 17.2 Å². The summed E-state index contributed by atoms with van der Waals surface area (Å²) in [6.07, 6.45) is 2.33. The van der Waals surface area contributed by atoms with Crippen molar-refractivity contribution in [3.05, 3.63) is 48.5 Å². The van der Waals surface area contributed by atoms with E-state index >= 15 is 0 Å². The molecule has 4 N–H and O–H groups in total. The van der Waals surface area contributed by atoms with Crippen molar-refractivity contribution in [1.29, 1.82) is 0 Å². The van der Waals surface area contributed by atoms with Crippen molar-refractivity contribution in [1.82, 2.24) is 20.2 Å². The molecule has 0 radical (unpaired) electrons. The van der Waals surface area contributed by atoms with Crippen LogP contribution in [0.3, 0.4) is 0 Å². The van der Waals surface area contributed by atoms with Gasteiger partial charge in [-0.1, -0.05) is 0 Å². The van der Waals surface area contributed by atoms with Gasteiger partial charge in [-0.25, -0.2) is 4.98 Å². The highest BCUT2D eigenvalue weighted by Gasteiger charge is 2.52. The Bertz CT molecular complexity index is 1590. The third-order valence-electron chi connectivity index (χ3n) is 7.30. The van der Waals surface area contributed by atoms with Crippen LogP contribution in [-0.2, 0) is 14.4 Å². The van der Waals surface area contributed by atoms with Crippen LogP contribution in [0.4, 0.5) is 33.1 Å². The quantitative estimate of drug-likeness (QED) is 0.251. The van der Waals surface area contributed by atoms with Crippen LogP contribution in [-0.4, -0.2) is 71.0 Å². The number of hydrogen-bond acceptors (Lipinski definition) is 10. The molecule has 1 saturated heterocycles. The fraction of sp³-hybridized carbons (Fsp3) is 0.321. The van der Waals surface area contributed by atoms with Gasteiger partial charge in [0, 0.05) is 24.0 Å². The molecule has 0 aliphatic carbocycles. The first kappa shape index (κ1) is 27.1. The van der Waals surface area contributed by atoms with Crippen molar-refractivity contribution in [3.63, 3.8) is 0 Å². The molecule has 218 valence electrons. The zero-order chi connectivity index (χ0) is 29.4. The Kier molecular flexibility index (Phi) is 6.88. The first-order valence-electron chi connectivity index (χ1n) is 13.4. The van der Waals surface area contributed by atoms with Crippen LogP contribution >= 0.6 is 0 Å². The number of methoxy groups -OCH3 is 1. The third-order valence-corrected chi connectivity index (χ3v) is 7.30. The number of nitrogens with zero attached hydrogens (tertiary/aromatic N) is 3. The standard InChI is InChI=1S/C28H28FN7O6/c1-28-25(38)34-17-12-15(5-7-20(17)42-28)32-18-14-31-27(35-23(18)29)33-16-6-8-21(22(13-16)40-2)41-11-9-30-24(37)19-4-3-10-36(19)26(28)39/h5-8,12-14,19,32H,3-4,9-11H2,1-2H3,(H,30,37)(H,34,38)(H,31,33,35)/t19-,28?/m1/s1. The van der Waals surface area contributed by atoms with E-state index in [0.717, 1.165) is 0 Å². The second-order valence-electron chi connectivity index (χ2n) is 10.1. The van der Waals surface area contributed by atoms with E-state index in [-0.39, 0.29) is 42.1 Å². The van der Waals surface area contributed by atoms with Crippen molar-refractivity contribution in [2.45, 2.75) is 31.4 Å². The molecule has 2 atom stereocenters. The molecule has 8 aliphatic rings. The summed E-state index contributed by atoms with van der Waals surface area (Å²) in [6.45, 7) is 1.98. The molecule has 1 aromatic heterocycles. The molecule has 13 nitrogen and oxygen atoms in total. The number of nitrogens with one attached hydrogen (secondary N) is 4. The van der Waals surface area contributed by atoms with Crippen molar-refractivity contribution in [2.24, 2.45) is 0 Å². The van der Waals surface area contributed by atoms with Gasteiger partial charge in [-0.2, -0.15) is 9.37 Å². The summed E-state index contributed by atoms with van der Waals surface area (Å²) in [4.78, 5) is 49.4. The molecule has 0 spiro atoms. The SMILES string of the molecule is COc1cc2ccc1OCCNC(=O)[C@H]1CCCN1C(=O)C1(C)Oc3ccc(cc3NC1=O)Nc1cnc(nc1F)N2. The van der Waals surface area contributed by atoms with Crippen molar-refractivity contribution >= 4 is 46.4 Å². The number of aromatic nitrogens is 2. The summed E-state index contributed by atoms with van der Waals surface area (Å²) < 4.78 is 32.1. The van der Waals surface area contributed by atoms with E-state index in [0.29, 0.717) is 42.3 Å². The van der Waals surface area contributed by atoms with Gasteiger partial charge in [-0.3, -0.25) is 14.4 Å². The molecule has 2 aromatic carbocycles. The molecule has 14 heteroatoms. The lowest BCUT2D eigenvalue weighted by molar-refractivity contribution is -0.157. The highest BCUT2D eigenvalue weighted by Crippen LogP contribution is 2.38. The minimum absolute atomic E-state index is 0.00212. The summed E-state index contributed by atoms with van der Waals surface area (Å²) >= 11 is 0. The number of amides is 3. The van der Waals surface area contributed by atoms with Crippen LogP contribution in [0.25, 0.3) is 0 Å². The Balaban J connectivity index is 1.34. The minimum Gasteiger partial charge on any atom is -0.493 e. The fourth-order valence-corrected chi connectivity index (χ4v) is 5.11. The Hall–Kier alpha value is -5.14. The first-order chi connectivity index (χ1) is 20.2. The number of rotatable bonds is 1. The van der Waals surface area contributed by atoms with E-state index in [4.69, 9.17) is 14.2 Å². The Morgan fingerprint density at radius 2 is 1.83 bits per heavy atom. The second-order valence-corrected chi connectivity index (χ2v) is 10.1. The van der Waals surface area contributed by atoms with Gasteiger partial charge in [0.05, 0.1) is 25.5 Å². The number of carbonyl (C=O) groups is 3. The van der Waals surface area contributed by atoms with Gasteiger partial charge >= 0.3 is 0 Å². The maximum Gasteiger partial charge on any atom is 0.278 e. The number of hydrogen-bond donors (Lipinski definition) is 4. The summed E-state index contributed by atoms with van der Waals surface area (Å²) in [7, 11) is 1.48. The Morgan fingerprint density at radius 1 is 1.05 bits per heavy atom. The van der Waals surface area contributed by atoms with Crippen LogP contribution in [0.2, 0.25) is 0 Å². The normalized spacial score (nSPS) is 21.8. The molecule has 11 rings (SSSR count). The molecule has 1 unspecified atom stereocenters. The van der Waals surface area contributed by atoms with Gasteiger partial charge in [0.25, 0.3) is 17.4 Å². The van der Waals surface area contributed by atoms with E-state index < -0.39 is 29.4 Å². The predicted molar refractivity (Wildman–Crippen MR) is 149 cm³/mol. The lowest BCUT2D eigenvalue weighted by Gasteiger charge is -2.37. The predicted octanol–water partition coefficient (Wildman–Crippen LogP) is 2.70. The lowest BCUT2D eigenvalue weighted by Crippen LogP contribution is -2.61. The van der Waals surface area contributed by atoms with E-state index in [9.17, 15) is 18.8 Å². The maximum atomic E-state index is 14.9. The maximum absolute atomic E-state index is 14.9. The number of anilines is 5. The molecule has 3 aromatic rings. The smallest absolute Gasteiger partial charge is 0.278 e.